The van der Waals surface area contributed by atoms with Gasteiger partial charge in [0.1, 0.15) is 11.3 Å². The summed E-state index contributed by atoms with van der Waals surface area (Å²) >= 11 is 0. The minimum atomic E-state index is -4.01. The number of hydrogen-bond donors (Lipinski definition) is 2. The molecule has 0 aliphatic heterocycles. The number of phenols is 1. The Kier molecular flexibility index (Phi) is 9.51. The molecule has 1 amide bonds. The molecule has 5 aromatic rings. The molecule has 0 heterocycles. The molecule has 47 heavy (non-hydrogen) atoms. The first-order valence-corrected chi connectivity index (χ1v) is 16.0. The Labute approximate surface area is 273 Å². The SMILES string of the molecule is Cc1ccc(S(=O)(=O)N(C)CC(=O)N(Cc2ccc(-c3cccc(C#N)c3)c(-c3ccccc3)c2)c2ccc(C(=O)O)c(O)c2)cc1. The molecular weight excluding hydrogens is 614 g/mol. The number of sulfonamides is 1. The third kappa shape index (κ3) is 7.23. The summed E-state index contributed by atoms with van der Waals surface area (Å²) in [5, 5.41) is 29.4. The Morgan fingerprint density at radius 3 is 2.17 bits per heavy atom. The zero-order valence-corrected chi connectivity index (χ0v) is 26.5. The van der Waals surface area contributed by atoms with Crippen molar-refractivity contribution >= 4 is 27.6 Å². The number of aryl methyl sites for hydroxylation is 1. The molecule has 9 nitrogen and oxygen atoms in total. The van der Waals surface area contributed by atoms with Crippen LogP contribution in [0, 0.1) is 18.3 Å². The number of rotatable bonds is 10. The van der Waals surface area contributed by atoms with Crippen molar-refractivity contribution in [2.45, 2.75) is 18.4 Å². The molecular formula is C37H31N3O6S. The molecule has 0 saturated heterocycles. The first-order valence-electron chi connectivity index (χ1n) is 14.6. The van der Waals surface area contributed by atoms with Crippen molar-refractivity contribution in [3.8, 4) is 34.1 Å². The number of nitriles is 1. The summed E-state index contributed by atoms with van der Waals surface area (Å²) in [6.45, 7) is 1.29. The van der Waals surface area contributed by atoms with Gasteiger partial charge < -0.3 is 15.1 Å². The van der Waals surface area contributed by atoms with Crippen LogP contribution in [0.5, 0.6) is 5.75 Å². The molecule has 0 aliphatic rings. The fraction of sp³-hybridized carbons (Fsp3) is 0.108. The number of carbonyl (C=O) groups excluding carboxylic acids is 1. The van der Waals surface area contributed by atoms with Crippen LogP contribution in [0.15, 0.2) is 120 Å². The molecule has 5 aromatic carbocycles. The molecule has 0 radical (unpaired) electrons. The van der Waals surface area contributed by atoms with Crippen molar-refractivity contribution in [2.24, 2.45) is 0 Å². The summed E-state index contributed by atoms with van der Waals surface area (Å²) in [7, 11) is -2.70. The van der Waals surface area contributed by atoms with Gasteiger partial charge in [0.25, 0.3) is 0 Å². The highest BCUT2D eigenvalue weighted by molar-refractivity contribution is 7.89. The third-order valence-corrected chi connectivity index (χ3v) is 9.54. The van der Waals surface area contributed by atoms with E-state index < -0.39 is 34.2 Å². The molecule has 236 valence electrons. The van der Waals surface area contributed by atoms with Gasteiger partial charge >= 0.3 is 5.97 Å². The van der Waals surface area contributed by atoms with Crippen molar-refractivity contribution in [3.63, 3.8) is 0 Å². The van der Waals surface area contributed by atoms with E-state index in [1.54, 1.807) is 24.3 Å². The Bertz CT molecular complexity index is 2110. The molecule has 0 bridgehead atoms. The number of carbonyl (C=O) groups is 2. The Balaban J connectivity index is 1.55. The second kappa shape index (κ2) is 13.7. The van der Waals surface area contributed by atoms with Gasteiger partial charge in [-0.15, -0.1) is 0 Å². The number of hydrogen-bond acceptors (Lipinski definition) is 6. The average molecular weight is 646 g/mol. The fourth-order valence-electron chi connectivity index (χ4n) is 5.18. The second-order valence-corrected chi connectivity index (χ2v) is 13.0. The van der Waals surface area contributed by atoms with Crippen molar-refractivity contribution in [1.82, 2.24) is 4.31 Å². The predicted octanol–water partition coefficient (Wildman–Crippen LogP) is 6.46. The molecule has 2 N–H and O–H groups in total. The lowest BCUT2D eigenvalue weighted by molar-refractivity contribution is -0.118. The standard InChI is InChI=1S/C37H31N3O6S/c1-25-11-15-31(16-12-25)47(45,46)39(2)24-36(42)40(30-14-18-33(37(43)44)35(41)21-30)23-27-13-17-32(29-10-6-7-26(19-29)22-38)34(20-27)28-8-4-3-5-9-28/h3-21,41H,23-24H2,1-2H3,(H,43,44). The summed E-state index contributed by atoms with van der Waals surface area (Å²) in [6.07, 6.45) is 0. The number of likely N-dealkylation sites (N-methyl/N-ethyl adjacent to an activating group) is 1. The average Bonchev–Trinajstić information content (AvgIpc) is 3.07. The molecule has 0 fully saturated rings. The van der Waals surface area contributed by atoms with Gasteiger partial charge in [0.2, 0.25) is 15.9 Å². The molecule has 0 unspecified atom stereocenters. The summed E-state index contributed by atoms with van der Waals surface area (Å²) < 4.78 is 27.6. The number of anilines is 1. The third-order valence-electron chi connectivity index (χ3n) is 7.72. The number of nitrogens with zero attached hydrogens (tertiary/aromatic N) is 3. The second-order valence-electron chi connectivity index (χ2n) is 11.0. The van der Waals surface area contributed by atoms with E-state index in [2.05, 4.69) is 6.07 Å². The first-order chi connectivity index (χ1) is 22.5. The number of benzene rings is 5. The van der Waals surface area contributed by atoms with E-state index in [4.69, 9.17) is 0 Å². The zero-order chi connectivity index (χ0) is 33.7. The van der Waals surface area contributed by atoms with Crippen molar-refractivity contribution in [2.75, 3.05) is 18.5 Å². The smallest absolute Gasteiger partial charge is 0.339 e. The minimum absolute atomic E-state index is 0.0263. The van der Waals surface area contributed by atoms with Gasteiger partial charge in [-0.05, 0) is 77.2 Å². The van der Waals surface area contributed by atoms with Gasteiger partial charge in [0.15, 0.2) is 0 Å². The summed E-state index contributed by atoms with van der Waals surface area (Å²) in [6, 6.07) is 34.8. The largest absolute Gasteiger partial charge is 0.507 e. The Hall–Kier alpha value is -5.76. The highest BCUT2D eigenvalue weighted by atomic mass is 32.2. The topological polar surface area (TPSA) is 139 Å². The molecule has 10 heteroatoms. The molecule has 0 aliphatic carbocycles. The summed E-state index contributed by atoms with van der Waals surface area (Å²) in [5.41, 5.74) is 5.37. The van der Waals surface area contributed by atoms with Gasteiger partial charge in [-0.2, -0.15) is 9.57 Å². The van der Waals surface area contributed by atoms with E-state index in [9.17, 15) is 33.5 Å². The van der Waals surface area contributed by atoms with Crippen LogP contribution in [0.25, 0.3) is 22.3 Å². The van der Waals surface area contributed by atoms with E-state index >= 15 is 0 Å². The lowest BCUT2D eigenvalue weighted by Gasteiger charge is -2.26. The predicted molar refractivity (Wildman–Crippen MR) is 179 cm³/mol. The van der Waals surface area contributed by atoms with Crippen molar-refractivity contribution < 1.29 is 28.2 Å². The highest BCUT2D eigenvalue weighted by Crippen LogP contribution is 2.35. The Morgan fingerprint density at radius 1 is 0.809 bits per heavy atom. The van der Waals surface area contributed by atoms with Crippen LogP contribution in [0.3, 0.4) is 0 Å². The minimum Gasteiger partial charge on any atom is -0.507 e. The summed E-state index contributed by atoms with van der Waals surface area (Å²) in [5.74, 6) is -2.47. The lowest BCUT2D eigenvalue weighted by Crippen LogP contribution is -2.41. The molecule has 0 spiro atoms. The number of carboxylic acids is 1. The van der Waals surface area contributed by atoms with Gasteiger partial charge in [0.05, 0.1) is 29.6 Å². The van der Waals surface area contributed by atoms with Crippen LogP contribution in [0.2, 0.25) is 0 Å². The zero-order valence-electron chi connectivity index (χ0n) is 25.7. The summed E-state index contributed by atoms with van der Waals surface area (Å²) in [4.78, 5) is 26.8. The van der Waals surface area contributed by atoms with Gasteiger partial charge in [0, 0.05) is 18.8 Å². The molecule has 5 rings (SSSR count). The van der Waals surface area contributed by atoms with Gasteiger partial charge in [-0.1, -0.05) is 72.3 Å². The van der Waals surface area contributed by atoms with Crippen LogP contribution < -0.4 is 4.90 Å². The van der Waals surface area contributed by atoms with Crippen LogP contribution >= 0.6 is 0 Å². The maximum atomic E-state index is 13.9. The highest BCUT2D eigenvalue weighted by Gasteiger charge is 2.27. The van der Waals surface area contributed by atoms with Crippen LogP contribution in [0.4, 0.5) is 5.69 Å². The maximum Gasteiger partial charge on any atom is 0.339 e. The van der Waals surface area contributed by atoms with E-state index in [0.717, 1.165) is 32.1 Å². The number of aromatic carboxylic acids is 1. The quantitative estimate of drug-likeness (QED) is 0.178. The molecule has 0 aromatic heterocycles. The van der Waals surface area contributed by atoms with Crippen LogP contribution in [0.1, 0.15) is 27.0 Å². The van der Waals surface area contributed by atoms with E-state index in [0.29, 0.717) is 11.1 Å². The van der Waals surface area contributed by atoms with Gasteiger partial charge in [-0.25, -0.2) is 13.2 Å². The van der Waals surface area contributed by atoms with Crippen molar-refractivity contribution in [1.29, 1.82) is 5.26 Å². The lowest BCUT2D eigenvalue weighted by atomic mass is 9.92. The van der Waals surface area contributed by atoms with E-state index in [1.807, 2.05) is 67.6 Å². The fourth-order valence-corrected chi connectivity index (χ4v) is 6.30. The van der Waals surface area contributed by atoms with E-state index in [-0.39, 0.29) is 22.7 Å². The Morgan fingerprint density at radius 2 is 1.51 bits per heavy atom. The van der Waals surface area contributed by atoms with Crippen LogP contribution in [-0.4, -0.2) is 48.4 Å². The maximum absolute atomic E-state index is 13.9. The van der Waals surface area contributed by atoms with E-state index in [1.165, 1.54) is 42.3 Å². The molecule has 0 atom stereocenters. The van der Waals surface area contributed by atoms with Crippen LogP contribution in [-0.2, 0) is 21.4 Å². The number of aromatic hydroxyl groups is 1. The van der Waals surface area contributed by atoms with Gasteiger partial charge in [-0.3, -0.25) is 4.79 Å². The number of amides is 1. The normalized spacial score (nSPS) is 11.2. The monoisotopic (exact) mass is 645 g/mol. The number of carboxylic acid groups (broad SMARTS) is 1. The first kappa shape index (κ1) is 32.6. The molecule has 0 saturated carbocycles. The van der Waals surface area contributed by atoms with Crippen molar-refractivity contribution in [3.05, 3.63) is 138 Å².